The van der Waals surface area contributed by atoms with Crippen molar-refractivity contribution in [2.24, 2.45) is 12.2 Å². The van der Waals surface area contributed by atoms with Crippen LogP contribution in [0.25, 0.3) is 0 Å². The summed E-state index contributed by atoms with van der Waals surface area (Å²) in [4.78, 5) is 43.7. The molecule has 1 fully saturated rings. The van der Waals surface area contributed by atoms with Crippen LogP contribution in [0.2, 0.25) is 0 Å². The average molecular weight is 511 g/mol. The number of hydrogen-bond donors (Lipinski definition) is 3. The molecule has 2 aliphatic rings. The van der Waals surface area contributed by atoms with Crippen LogP contribution in [0.15, 0.2) is 33.0 Å². The van der Waals surface area contributed by atoms with Gasteiger partial charge in [-0.1, -0.05) is 16.9 Å². The number of carboxylic acids is 1. The molecule has 0 bridgehead atoms. The number of nitrogens with two attached hydrogens (primary N) is 1. The molecule has 13 nitrogen and oxygen atoms in total. The van der Waals surface area contributed by atoms with E-state index in [0.29, 0.717) is 32.8 Å². The van der Waals surface area contributed by atoms with Crippen molar-refractivity contribution in [1.29, 1.82) is 0 Å². The van der Waals surface area contributed by atoms with Crippen molar-refractivity contribution in [2.75, 3.05) is 24.3 Å². The Hall–Kier alpha value is -3.11. The second-order valence-corrected chi connectivity index (χ2v) is 9.84. The summed E-state index contributed by atoms with van der Waals surface area (Å²) in [7, 11) is 2.98. The number of fused-ring (bicyclic) bond motifs is 1. The number of carbonyl (C=O) groups is 3. The number of aryl methyl sites for hydroxylation is 1. The van der Waals surface area contributed by atoms with Gasteiger partial charge in [0.1, 0.15) is 24.2 Å². The largest absolute Gasteiger partial charge is 0.477 e. The average Bonchev–Trinajstić information content (AvgIpc) is 3.40. The maximum absolute atomic E-state index is 12.9. The van der Waals surface area contributed by atoms with E-state index in [1.165, 1.54) is 51.6 Å². The third kappa shape index (κ3) is 4.40. The highest BCUT2D eigenvalue weighted by atomic mass is 32.2. The number of nitrogens with zero attached hydrogens (tertiary/aromatic N) is 6. The fraction of sp³-hybridized carbons (Fsp3) is 0.353. The molecule has 1 saturated heterocycles. The van der Waals surface area contributed by atoms with E-state index < -0.39 is 29.2 Å². The van der Waals surface area contributed by atoms with Crippen LogP contribution in [-0.4, -0.2) is 83.7 Å². The van der Waals surface area contributed by atoms with E-state index in [1.54, 1.807) is 18.5 Å². The van der Waals surface area contributed by atoms with Crippen molar-refractivity contribution < 1.29 is 24.3 Å². The summed E-state index contributed by atoms with van der Waals surface area (Å²) in [5.41, 5.74) is 6.66. The van der Waals surface area contributed by atoms with E-state index in [4.69, 9.17) is 10.6 Å². The van der Waals surface area contributed by atoms with E-state index in [0.717, 1.165) is 0 Å². The number of amides is 2. The topological polar surface area (TPSA) is 178 Å². The second kappa shape index (κ2) is 9.40. The van der Waals surface area contributed by atoms with Crippen molar-refractivity contribution >= 4 is 63.4 Å². The lowest BCUT2D eigenvalue weighted by molar-refractivity contribution is -0.150. The summed E-state index contributed by atoms with van der Waals surface area (Å²) >= 11 is 3.88. The van der Waals surface area contributed by atoms with Crippen LogP contribution in [0.3, 0.4) is 0 Å². The zero-order valence-corrected chi connectivity index (χ0v) is 19.7. The highest BCUT2D eigenvalue weighted by Gasteiger charge is 2.54. The molecule has 4 rings (SSSR count). The van der Waals surface area contributed by atoms with Crippen LogP contribution in [-0.2, 0) is 26.3 Å². The van der Waals surface area contributed by atoms with Gasteiger partial charge in [0.05, 0.1) is 5.00 Å². The van der Waals surface area contributed by atoms with Gasteiger partial charge in [-0.3, -0.25) is 14.5 Å². The number of nitrogens with one attached hydrogen (secondary N) is 1. The molecule has 2 atom stereocenters. The Morgan fingerprint density at radius 1 is 1.48 bits per heavy atom. The van der Waals surface area contributed by atoms with Crippen LogP contribution in [0.4, 0.5) is 5.00 Å². The summed E-state index contributed by atoms with van der Waals surface area (Å²) in [6, 6.07) is 0.681. The van der Waals surface area contributed by atoms with Gasteiger partial charge in [-0.15, -0.1) is 28.2 Å². The van der Waals surface area contributed by atoms with Crippen molar-refractivity contribution in [3.8, 4) is 0 Å². The van der Waals surface area contributed by atoms with Crippen LogP contribution in [0.5, 0.6) is 0 Å². The van der Waals surface area contributed by atoms with Gasteiger partial charge in [0, 0.05) is 29.5 Å². The number of oxime groups is 1. The van der Waals surface area contributed by atoms with Crippen LogP contribution >= 0.6 is 34.9 Å². The number of nitrogen functional groups attached to an aromatic ring is 1. The van der Waals surface area contributed by atoms with E-state index in [2.05, 4.69) is 26.0 Å². The van der Waals surface area contributed by atoms with Crippen LogP contribution < -0.4 is 11.1 Å². The molecule has 16 heteroatoms. The predicted octanol–water partition coefficient (Wildman–Crippen LogP) is -0.265. The SMILES string of the molecule is CO/N=C(\C(=O)N[C@@H]1C(=O)N2C(C(=O)O)=C(CSc3nnnn3C)CS[C@@H]12)c1csc(N)c1. The Labute approximate surface area is 199 Å². The Morgan fingerprint density at radius 2 is 2.27 bits per heavy atom. The quantitative estimate of drug-likeness (QED) is 0.184. The summed E-state index contributed by atoms with van der Waals surface area (Å²) in [5, 5.41) is 29.5. The maximum Gasteiger partial charge on any atom is 0.352 e. The Kier molecular flexibility index (Phi) is 6.57. The van der Waals surface area contributed by atoms with Crippen molar-refractivity contribution in [2.45, 2.75) is 16.6 Å². The van der Waals surface area contributed by atoms with Gasteiger partial charge in [-0.2, -0.15) is 0 Å². The van der Waals surface area contributed by atoms with E-state index in [1.807, 2.05) is 0 Å². The minimum Gasteiger partial charge on any atom is -0.477 e. The molecule has 33 heavy (non-hydrogen) atoms. The summed E-state index contributed by atoms with van der Waals surface area (Å²) < 4.78 is 1.48. The minimum atomic E-state index is -1.21. The minimum absolute atomic E-state index is 0.0270. The number of carboxylic acid groups (broad SMARTS) is 1. The number of carbonyl (C=O) groups excluding carboxylic acids is 2. The lowest BCUT2D eigenvalue weighted by atomic mass is 10.0. The Bertz CT molecular complexity index is 1180. The highest BCUT2D eigenvalue weighted by molar-refractivity contribution is 8.01. The van der Waals surface area contributed by atoms with E-state index in [-0.39, 0.29) is 11.4 Å². The van der Waals surface area contributed by atoms with Gasteiger partial charge in [0.25, 0.3) is 11.8 Å². The van der Waals surface area contributed by atoms with Gasteiger partial charge < -0.3 is 21.0 Å². The second-order valence-electron chi connectivity index (χ2n) is 6.85. The van der Waals surface area contributed by atoms with Crippen LogP contribution in [0, 0.1) is 0 Å². The molecule has 2 aromatic heterocycles. The molecule has 0 unspecified atom stereocenters. The van der Waals surface area contributed by atoms with Gasteiger partial charge >= 0.3 is 5.97 Å². The molecule has 4 N–H and O–H groups in total. The zero-order valence-electron chi connectivity index (χ0n) is 17.3. The molecule has 2 aromatic rings. The zero-order chi connectivity index (χ0) is 23.7. The van der Waals surface area contributed by atoms with Crippen molar-refractivity contribution in [3.05, 3.63) is 28.3 Å². The fourth-order valence-electron chi connectivity index (χ4n) is 3.29. The lowest BCUT2D eigenvalue weighted by Crippen LogP contribution is -2.71. The maximum atomic E-state index is 12.9. The summed E-state index contributed by atoms with van der Waals surface area (Å²) in [5.74, 6) is -1.66. The summed E-state index contributed by atoms with van der Waals surface area (Å²) in [6.07, 6.45) is 0. The lowest BCUT2D eigenvalue weighted by Gasteiger charge is -2.49. The van der Waals surface area contributed by atoms with Gasteiger partial charge in [-0.05, 0) is 22.1 Å². The molecule has 2 aliphatic heterocycles. The number of aromatic nitrogens is 4. The molecule has 0 spiro atoms. The molecule has 0 radical (unpaired) electrons. The number of rotatable bonds is 8. The predicted molar refractivity (Wildman–Crippen MR) is 121 cm³/mol. The Morgan fingerprint density at radius 3 is 2.88 bits per heavy atom. The third-order valence-electron chi connectivity index (χ3n) is 4.78. The molecular weight excluding hydrogens is 492 g/mol. The van der Waals surface area contributed by atoms with Gasteiger partial charge in [-0.25, -0.2) is 9.48 Å². The smallest absolute Gasteiger partial charge is 0.352 e. The summed E-state index contributed by atoms with van der Waals surface area (Å²) in [6.45, 7) is 0. The number of thioether (sulfide) groups is 2. The number of β-lactam (4-membered cyclic amide) rings is 1. The molecule has 2 amide bonds. The van der Waals surface area contributed by atoms with Crippen molar-refractivity contribution in [1.82, 2.24) is 30.4 Å². The molecule has 174 valence electrons. The number of thiophene rings is 1. The van der Waals surface area contributed by atoms with Crippen molar-refractivity contribution in [3.63, 3.8) is 0 Å². The van der Waals surface area contributed by atoms with E-state index in [9.17, 15) is 19.5 Å². The normalized spacial score (nSPS) is 20.4. The molecule has 4 heterocycles. The first-order valence-corrected chi connectivity index (χ1v) is 12.2. The number of aliphatic carboxylic acids is 1. The van der Waals surface area contributed by atoms with Crippen LogP contribution in [0.1, 0.15) is 5.56 Å². The Balaban J connectivity index is 1.49. The molecule has 0 saturated carbocycles. The molecule has 0 aliphatic carbocycles. The van der Waals surface area contributed by atoms with E-state index >= 15 is 0 Å². The number of tetrazole rings is 1. The fourth-order valence-corrected chi connectivity index (χ4v) is 6.27. The van der Waals surface area contributed by atoms with Gasteiger partial charge in [0.2, 0.25) is 5.16 Å². The monoisotopic (exact) mass is 510 g/mol. The molecule has 0 aromatic carbocycles. The third-order valence-corrected chi connectivity index (χ3v) is 7.98. The van der Waals surface area contributed by atoms with Gasteiger partial charge in [0.15, 0.2) is 5.71 Å². The molecular formula is C17H18N8O5S3. The first kappa shape index (κ1) is 23.1. The highest BCUT2D eigenvalue weighted by Crippen LogP contribution is 2.41. The number of hydrogen-bond acceptors (Lipinski definition) is 12. The first-order chi connectivity index (χ1) is 15.8. The number of anilines is 1. The standard InChI is InChI=1S/C17H18N8O5S3/c1-24-17(20-22-23-24)33-6-8-5-32-15-11(14(27)25(15)12(8)16(28)29)19-13(26)10(21-30-2)7-3-9(18)31-4-7/h3-4,11,15H,5-6,18H2,1-2H3,(H,19,26)(H,28,29)/b21-10-/t11-,15+/m1/s1. The first-order valence-electron chi connectivity index (χ1n) is 9.33.